The van der Waals surface area contributed by atoms with E-state index in [1.807, 2.05) is 6.07 Å². The van der Waals surface area contributed by atoms with Gasteiger partial charge in [-0.25, -0.2) is 4.79 Å². The second-order valence-corrected chi connectivity index (χ2v) is 6.89. The summed E-state index contributed by atoms with van der Waals surface area (Å²) in [7, 11) is 1.54. The number of anilines is 1. The Kier molecular flexibility index (Phi) is 6.85. The van der Waals surface area contributed by atoms with Gasteiger partial charge in [-0.2, -0.15) is 4.98 Å². The van der Waals surface area contributed by atoms with Gasteiger partial charge in [0.25, 0.3) is 5.91 Å². The number of thioether (sulfide) groups is 1. The summed E-state index contributed by atoms with van der Waals surface area (Å²) in [6, 6.07) is 13.9. The summed E-state index contributed by atoms with van der Waals surface area (Å²) in [4.78, 5) is 29.4. The van der Waals surface area contributed by atoms with Crippen LogP contribution in [0.2, 0.25) is 0 Å². The van der Waals surface area contributed by atoms with Crippen LogP contribution in [0.5, 0.6) is 5.75 Å². The molecule has 0 radical (unpaired) electrons. The molecule has 0 aliphatic rings. The molecule has 0 aliphatic heterocycles. The molecule has 150 valence electrons. The van der Waals surface area contributed by atoms with Gasteiger partial charge in [0, 0.05) is 16.6 Å². The van der Waals surface area contributed by atoms with Crippen LogP contribution in [0, 0.1) is 6.92 Å². The van der Waals surface area contributed by atoms with Crippen molar-refractivity contribution in [2.45, 2.75) is 17.6 Å². The molecule has 0 saturated heterocycles. The monoisotopic (exact) mass is 413 g/mol. The van der Waals surface area contributed by atoms with Gasteiger partial charge in [-0.1, -0.05) is 23.4 Å². The number of nitrogens with zero attached hydrogens (tertiary/aromatic N) is 2. The van der Waals surface area contributed by atoms with Gasteiger partial charge < -0.3 is 19.3 Å². The number of carbonyl (C=O) groups excluding carboxylic acids is 2. The van der Waals surface area contributed by atoms with Gasteiger partial charge in [-0.05, 0) is 31.2 Å². The fraction of sp³-hybridized carbons (Fsp3) is 0.200. The molecule has 8 nitrogen and oxygen atoms in total. The minimum Gasteiger partial charge on any atom is -0.497 e. The van der Waals surface area contributed by atoms with Crippen LogP contribution in [-0.2, 0) is 15.3 Å². The van der Waals surface area contributed by atoms with Crippen LogP contribution < -0.4 is 10.1 Å². The lowest BCUT2D eigenvalue weighted by molar-refractivity contribution is -0.119. The number of methoxy groups -OCH3 is 1. The molecule has 0 spiro atoms. The van der Waals surface area contributed by atoms with E-state index in [1.54, 1.807) is 49.4 Å². The molecule has 0 unspecified atom stereocenters. The van der Waals surface area contributed by atoms with Crippen LogP contribution >= 0.6 is 11.8 Å². The number of amides is 1. The van der Waals surface area contributed by atoms with Crippen LogP contribution in [-0.4, -0.2) is 35.7 Å². The first-order chi connectivity index (χ1) is 14.0. The van der Waals surface area contributed by atoms with Gasteiger partial charge in [0.05, 0.1) is 18.4 Å². The van der Waals surface area contributed by atoms with Gasteiger partial charge in [-0.3, -0.25) is 4.79 Å². The maximum atomic E-state index is 12.5. The smallest absolute Gasteiger partial charge is 0.339 e. The van der Waals surface area contributed by atoms with Gasteiger partial charge in [0.2, 0.25) is 5.89 Å². The van der Waals surface area contributed by atoms with Crippen molar-refractivity contribution in [1.82, 2.24) is 10.1 Å². The Hall–Kier alpha value is -3.33. The largest absolute Gasteiger partial charge is 0.497 e. The molecule has 0 saturated carbocycles. The first kappa shape index (κ1) is 20.4. The van der Waals surface area contributed by atoms with E-state index in [1.165, 1.54) is 18.9 Å². The zero-order valence-electron chi connectivity index (χ0n) is 15.9. The van der Waals surface area contributed by atoms with Gasteiger partial charge in [0.1, 0.15) is 5.75 Å². The van der Waals surface area contributed by atoms with Crippen molar-refractivity contribution >= 4 is 29.3 Å². The predicted octanol–water partition coefficient (Wildman–Crippen LogP) is 3.47. The Morgan fingerprint density at radius 1 is 1.17 bits per heavy atom. The number of rotatable bonds is 8. The topological polar surface area (TPSA) is 104 Å². The summed E-state index contributed by atoms with van der Waals surface area (Å²) in [6.45, 7) is 1.33. The number of aryl methyl sites for hydroxylation is 1. The van der Waals surface area contributed by atoms with Crippen molar-refractivity contribution in [3.8, 4) is 5.75 Å². The third kappa shape index (κ3) is 5.82. The van der Waals surface area contributed by atoms with E-state index in [4.69, 9.17) is 14.0 Å². The second kappa shape index (κ2) is 9.74. The Labute approximate surface area is 171 Å². The molecule has 29 heavy (non-hydrogen) atoms. The third-order valence-corrected chi connectivity index (χ3v) is 4.77. The van der Waals surface area contributed by atoms with Crippen LogP contribution in [0.4, 0.5) is 5.69 Å². The lowest BCUT2D eigenvalue weighted by atomic mass is 10.2. The van der Waals surface area contributed by atoms with E-state index in [-0.39, 0.29) is 0 Å². The minimum absolute atomic E-state index is 0.364. The van der Waals surface area contributed by atoms with Gasteiger partial charge in [0.15, 0.2) is 12.4 Å². The molecule has 3 aromatic rings. The Morgan fingerprint density at radius 2 is 2.00 bits per heavy atom. The van der Waals surface area contributed by atoms with Crippen molar-refractivity contribution in [3.63, 3.8) is 0 Å². The number of esters is 1. The second-order valence-electron chi connectivity index (χ2n) is 5.88. The van der Waals surface area contributed by atoms with Crippen molar-refractivity contribution in [2.24, 2.45) is 0 Å². The van der Waals surface area contributed by atoms with Crippen LogP contribution in [0.3, 0.4) is 0 Å². The predicted molar refractivity (Wildman–Crippen MR) is 107 cm³/mol. The Bertz CT molecular complexity index is 1010. The number of aromatic nitrogens is 2. The fourth-order valence-corrected chi connectivity index (χ4v) is 3.28. The molecule has 0 aliphatic carbocycles. The van der Waals surface area contributed by atoms with Crippen molar-refractivity contribution < 1.29 is 23.6 Å². The average Bonchev–Trinajstić information content (AvgIpc) is 3.16. The van der Waals surface area contributed by atoms with E-state index in [0.717, 1.165) is 0 Å². The lowest BCUT2D eigenvalue weighted by Crippen LogP contribution is -2.21. The van der Waals surface area contributed by atoms with E-state index in [0.29, 0.717) is 39.4 Å². The molecular weight excluding hydrogens is 394 g/mol. The van der Waals surface area contributed by atoms with Crippen LogP contribution in [0.25, 0.3) is 0 Å². The van der Waals surface area contributed by atoms with E-state index in [9.17, 15) is 9.59 Å². The Balaban J connectivity index is 1.56. The van der Waals surface area contributed by atoms with Crippen molar-refractivity contribution in [2.75, 3.05) is 19.0 Å². The normalized spacial score (nSPS) is 10.4. The summed E-state index contributed by atoms with van der Waals surface area (Å²) in [6.07, 6.45) is 0. The molecular formula is C20H19N3O5S. The first-order valence-electron chi connectivity index (χ1n) is 8.67. The first-order valence-corrected chi connectivity index (χ1v) is 9.66. The molecule has 2 aromatic carbocycles. The van der Waals surface area contributed by atoms with E-state index >= 15 is 0 Å². The highest BCUT2D eigenvalue weighted by Crippen LogP contribution is 2.26. The maximum absolute atomic E-state index is 12.5. The fourth-order valence-electron chi connectivity index (χ4n) is 2.41. The van der Waals surface area contributed by atoms with Crippen molar-refractivity contribution in [3.05, 3.63) is 65.8 Å². The molecule has 0 fully saturated rings. The molecule has 1 aromatic heterocycles. The number of nitrogens with one attached hydrogen (secondary N) is 1. The summed E-state index contributed by atoms with van der Waals surface area (Å²) in [5.74, 6) is 1.01. The van der Waals surface area contributed by atoms with Crippen LogP contribution in [0.1, 0.15) is 22.1 Å². The molecule has 3 rings (SSSR count). The van der Waals surface area contributed by atoms with E-state index < -0.39 is 18.5 Å². The average molecular weight is 413 g/mol. The number of benzene rings is 2. The Morgan fingerprint density at radius 3 is 2.76 bits per heavy atom. The van der Waals surface area contributed by atoms with Crippen molar-refractivity contribution in [1.29, 1.82) is 0 Å². The molecule has 0 atom stereocenters. The summed E-state index contributed by atoms with van der Waals surface area (Å²) in [5.41, 5.74) is 0.916. The van der Waals surface area contributed by atoms with Gasteiger partial charge >= 0.3 is 5.97 Å². The minimum atomic E-state index is -0.587. The van der Waals surface area contributed by atoms with Gasteiger partial charge in [-0.15, -0.1) is 11.8 Å². The number of hydrogen-bond acceptors (Lipinski definition) is 8. The molecule has 1 amide bonds. The number of hydrogen-bond donors (Lipinski definition) is 1. The van der Waals surface area contributed by atoms with E-state index in [2.05, 4.69) is 15.5 Å². The summed E-state index contributed by atoms with van der Waals surface area (Å²) < 4.78 is 15.4. The third-order valence-electron chi connectivity index (χ3n) is 3.72. The quantitative estimate of drug-likeness (QED) is 0.442. The number of ether oxygens (including phenoxy) is 2. The summed E-state index contributed by atoms with van der Waals surface area (Å²) >= 11 is 1.37. The summed E-state index contributed by atoms with van der Waals surface area (Å²) in [5, 5.41) is 6.40. The zero-order valence-corrected chi connectivity index (χ0v) is 16.7. The zero-order chi connectivity index (χ0) is 20.6. The molecule has 0 bridgehead atoms. The van der Waals surface area contributed by atoms with Crippen LogP contribution in [0.15, 0.2) is 57.9 Å². The highest BCUT2D eigenvalue weighted by atomic mass is 32.2. The standard InChI is InChI=1S/C20H19N3O5S/c1-13-21-19(28-23-13)12-29-17-9-4-3-8-16(17)20(25)27-11-18(24)22-14-6-5-7-15(10-14)26-2/h3-10H,11-12H2,1-2H3,(H,22,24). The SMILES string of the molecule is COc1cccc(NC(=O)COC(=O)c2ccccc2SCc2nc(C)no2)c1. The maximum Gasteiger partial charge on any atom is 0.339 e. The lowest BCUT2D eigenvalue weighted by Gasteiger charge is -2.10. The number of carbonyl (C=O) groups is 2. The molecule has 9 heteroatoms. The highest BCUT2D eigenvalue weighted by molar-refractivity contribution is 7.98. The highest BCUT2D eigenvalue weighted by Gasteiger charge is 2.16. The molecule has 1 heterocycles. The molecule has 1 N–H and O–H groups in total.